The molecule has 17 heavy (non-hydrogen) atoms. The van der Waals surface area contributed by atoms with Gasteiger partial charge in [0.15, 0.2) is 9.84 Å². The van der Waals surface area contributed by atoms with Gasteiger partial charge in [0, 0.05) is 6.04 Å². The molecule has 0 amide bonds. The molecule has 1 saturated carbocycles. The molecule has 0 spiro atoms. The summed E-state index contributed by atoms with van der Waals surface area (Å²) in [7, 11) is -1.09. The standard InChI is InChI=1S/C13H27NO2S/c1-9(2)11-6-7-13(12(8-11)14-5)17(15,16)10(3)4/h9-14H,6-8H2,1-5H3. The van der Waals surface area contributed by atoms with Gasteiger partial charge in [-0.05, 0) is 52.0 Å². The average Bonchev–Trinajstić information content (AvgIpc) is 2.27. The van der Waals surface area contributed by atoms with E-state index in [0.717, 1.165) is 19.3 Å². The molecule has 4 heteroatoms. The summed E-state index contributed by atoms with van der Waals surface area (Å²) in [4.78, 5) is 0. The van der Waals surface area contributed by atoms with Gasteiger partial charge >= 0.3 is 0 Å². The van der Waals surface area contributed by atoms with E-state index in [0.29, 0.717) is 11.8 Å². The Morgan fingerprint density at radius 2 is 1.71 bits per heavy atom. The van der Waals surface area contributed by atoms with Gasteiger partial charge in [-0.3, -0.25) is 0 Å². The maximum atomic E-state index is 12.3. The summed E-state index contributed by atoms with van der Waals surface area (Å²) < 4.78 is 24.6. The number of rotatable bonds is 4. The largest absolute Gasteiger partial charge is 0.316 e. The normalized spacial score (nSPS) is 31.1. The van der Waals surface area contributed by atoms with Gasteiger partial charge in [0.05, 0.1) is 10.5 Å². The van der Waals surface area contributed by atoms with Gasteiger partial charge < -0.3 is 5.32 Å². The first-order chi connectivity index (χ1) is 7.80. The van der Waals surface area contributed by atoms with Crippen molar-refractivity contribution in [1.29, 1.82) is 0 Å². The molecule has 1 rings (SSSR count). The molecule has 0 radical (unpaired) electrons. The van der Waals surface area contributed by atoms with Gasteiger partial charge in [-0.1, -0.05) is 13.8 Å². The number of nitrogens with one attached hydrogen (secondary N) is 1. The Hall–Kier alpha value is -0.0900. The van der Waals surface area contributed by atoms with Crippen LogP contribution in [0, 0.1) is 11.8 Å². The topological polar surface area (TPSA) is 46.2 Å². The lowest BCUT2D eigenvalue weighted by Crippen LogP contribution is -2.49. The monoisotopic (exact) mass is 261 g/mol. The molecule has 0 aromatic rings. The van der Waals surface area contributed by atoms with Crippen LogP contribution in [-0.2, 0) is 9.84 Å². The highest BCUT2D eigenvalue weighted by Crippen LogP contribution is 2.34. The molecular formula is C13H27NO2S. The van der Waals surface area contributed by atoms with Crippen molar-refractivity contribution in [3.05, 3.63) is 0 Å². The van der Waals surface area contributed by atoms with Gasteiger partial charge in [0.1, 0.15) is 0 Å². The predicted molar refractivity (Wildman–Crippen MR) is 72.9 cm³/mol. The second kappa shape index (κ2) is 5.70. The molecule has 0 aromatic carbocycles. The molecule has 0 saturated heterocycles. The van der Waals surface area contributed by atoms with Crippen molar-refractivity contribution in [3.63, 3.8) is 0 Å². The third-order valence-electron chi connectivity index (χ3n) is 4.22. The van der Waals surface area contributed by atoms with Crippen molar-refractivity contribution < 1.29 is 8.42 Å². The van der Waals surface area contributed by atoms with Crippen LogP contribution in [0.5, 0.6) is 0 Å². The molecule has 3 atom stereocenters. The highest BCUT2D eigenvalue weighted by molar-refractivity contribution is 7.92. The first-order valence-electron chi connectivity index (χ1n) is 6.70. The van der Waals surface area contributed by atoms with Crippen LogP contribution >= 0.6 is 0 Å². The number of sulfone groups is 1. The predicted octanol–water partition coefficient (Wildman–Crippen LogP) is 2.22. The fourth-order valence-electron chi connectivity index (χ4n) is 2.83. The second-order valence-corrected chi connectivity index (χ2v) is 8.61. The van der Waals surface area contributed by atoms with Crippen molar-refractivity contribution in [2.24, 2.45) is 11.8 Å². The molecule has 1 aliphatic carbocycles. The SMILES string of the molecule is CNC1CC(C(C)C)CCC1S(=O)(=O)C(C)C. The molecule has 0 aromatic heterocycles. The van der Waals surface area contributed by atoms with Gasteiger partial charge in [-0.2, -0.15) is 0 Å². The maximum absolute atomic E-state index is 12.3. The van der Waals surface area contributed by atoms with E-state index in [1.54, 1.807) is 13.8 Å². The van der Waals surface area contributed by atoms with E-state index in [-0.39, 0.29) is 16.5 Å². The molecule has 102 valence electrons. The van der Waals surface area contributed by atoms with Crippen LogP contribution in [0.1, 0.15) is 47.0 Å². The molecule has 1 fully saturated rings. The second-order valence-electron chi connectivity index (χ2n) is 5.89. The summed E-state index contributed by atoms with van der Waals surface area (Å²) in [5, 5.41) is 2.76. The summed E-state index contributed by atoms with van der Waals surface area (Å²) in [5.41, 5.74) is 0. The summed E-state index contributed by atoms with van der Waals surface area (Å²) in [5.74, 6) is 1.31. The summed E-state index contributed by atoms with van der Waals surface area (Å²) >= 11 is 0. The summed E-state index contributed by atoms with van der Waals surface area (Å²) in [6, 6.07) is 0.128. The van der Waals surface area contributed by atoms with E-state index in [1.807, 2.05) is 7.05 Å². The van der Waals surface area contributed by atoms with Crippen LogP contribution < -0.4 is 5.32 Å². The highest BCUT2D eigenvalue weighted by atomic mass is 32.2. The first-order valence-corrected chi connectivity index (χ1v) is 8.31. The van der Waals surface area contributed by atoms with Gasteiger partial charge in [0.2, 0.25) is 0 Å². The fraction of sp³-hybridized carbons (Fsp3) is 1.00. The van der Waals surface area contributed by atoms with Crippen LogP contribution in [0.3, 0.4) is 0 Å². The number of hydrogen-bond acceptors (Lipinski definition) is 3. The quantitative estimate of drug-likeness (QED) is 0.844. The van der Waals surface area contributed by atoms with E-state index in [4.69, 9.17) is 0 Å². The molecule has 0 aliphatic heterocycles. The van der Waals surface area contributed by atoms with E-state index in [2.05, 4.69) is 19.2 Å². The zero-order chi connectivity index (χ0) is 13.2. The van der Waals surface area contributed by atoms with Crippen molar-refractivity contribution >= 4 is 9.84 Å². The molecular weight excluding hydrogens is 234 g/mol. The van der Waals surface area contributed by atoms with Crippen LogP contribution in [0.15, 0.2) is 0 Å². The minimum absolute atomic E-state index is 0.128. The molecule has 3 unspecified atom stereocenters. The first kappa shape index (κ1) is 15.0. The third kappa shape index (κ3) is 3.22. The van der Waals surface area contributed by atoms with Crippen LogP contribution in [0.4, 0.5) is 0 Å². The van der Waals surface area contributed by atoms with Crippen LogP contribution in [0.2, 0.25) is 0 Å². The van der Waals surface area contributed by atoms with Crippen molar-refractivity contribution in [1.82, 2.24) is 5.32 Å². The van der Waals surface area contributed by atoms with Crippen LogP contribution in [-0.4, -0.2) is 32.0 Å². The Morgan fingerprint density at radius 1 is 1.12 bits per heavy atom. The summed E-state index contributed by atoms with van der Waals surface area (Å²) in [6.07, 6.45) is 2.85. The van der Waals surface area contributed by atoms with Gasteiger partial charge in [0.25, 0.3) is 0 Å². The lowest BCUT2D eigenvalue weighted by molar-refractivity contribution is 0.239. The van der Waals surface area contributed by atoms with Crippen LogP contribution in [0.25, 0.3) is 0 Å². The lowest BCUT2D eigenvalue weighted by atomic mass is 9.79. The van der Waals surface area contributed by atoms with Crippen molar-refractivity contribution in [3.8, 4) is 0 Å². The van der Waals surface area contributed by atoms with Gasteiger partial charge in [-0.25, -0.2) is 8.42 Å². The fourth-order valence-corrected chi connectivity index (χ4v) is 4.70. The minimum atomic E-state index is -2.97. The minimum Gasteiger partial charge on any atom is -0.316 e. The molecule has 3 nitrogen and oxygen atoms in total. The summed E-state index contributed by atoms with van der Waals surface area (Å²) in [6.45, 7) is 8.04. The van der Waals surface area contributed by atoms with E-state index < -0.39 is 9.84 Å². The molecule has 1 N–H and O–H groups in total. The van der Waals surface area contributed by atoms with E-state index in [1.165, 1.54) is 0 Å². The average molecular weight is 261 g/mol. The molecule has 0 heterocycles. The highest BCUT2D eigenvalue weighted by Gasteiger charge is 2.39. The smallest absolute Gasteiger partial charge is 0.156 e. The Kier molecular flexibility index (Phi) is 5.02. The Labute approximate surface area is 106 Å². The third-order valence-corrected chi connectivity index (χ3v) is 6.94. The zero-order valence-electron chi connectivity index (χ0n) is 11.7. The van der Waals surface area contributed by atoms with E-state index >= 15 is 0 Å². The van der Waals surface area contributed by atoms with Gasteiger partial charge in [-0.15, -0.1) is 0 Å². The van der Waals surface area contributed by atoms with E-state index in [9.17, 15) is 8.42 Å². The zero-order valence-corrected chi connectivity index (χ0v) is 12.5. The lowest BCUT2D eigenvalue weighted by Gasteiger charge is -2.38. The number of hydrogen-bond donors (Lipinski definition) is 1. The van der Waals surface area contributed by atoms with Crippen molar-refractivity contribution in [2.45, 2.75) is 63.5 Å². The Morgan fingerprint density at radius 3 is 2.12 bits per heavy atom. The molecule has 0 bridgehead atoms. The Bertz CT molecular complexity index is 335. The molecule has 1 aliphatic rings. The Balaban J connectivity index is 2.84. The maximum Gasteiger partial charge on any atom is 0.156 e. The van der Waals surface area contributed by atoms with Crippen molar-refractivity contribution in [2.75, 3.05) is 7.05 Å².